The molecule has 1 saturated carbocycles. The van der Waals surface area contributed by atoms with E-state index < -0.39 is 35.0 Å². The number of anilines is 1. The van der Waals surface area contributed by atoms with Crippen molar-refractivity contribution in [2.45, 2.75) is 31.4 Å². The van der Waals surface area contributed by atoms with Gasteiger partial charge in [-0.1, -0.05) is 18.6 Å². The highest BCUT2D eigenvalue weighted by Crippen LogP contribution is 2.37. The van der Waals surface area contributed by atoms with Crippen LogP contribution in [0.15, 0.2) is 30.3 Å². The molecule has 2 aromatic rings. The van der Waals surface area contributed by atoms with Crippen LogP contribution in [0.4, 0.5) is 23.4 Å². The monoisotopic (exact) mass is 354 g/mol. The Morgan fingerprint density at radius 2 is 1.96 bits per heavy atom. The number of hydrogen-bond donors (Lipinski definition) is 1. The van der Waals surface area contributed by atoms with Crippen molar-refractivity contribution in [2.75, 3.05) is 5.73 Å². The van der Waals surface area contributed by atoms with Gasteiger partial charge in [-0.3, -0.25) is 0 Å². The van der Waals surface area contributed by atoms with E-state index >= 15 is 0 Å². The summed E-state index contributed by atoms with van der Waals surface area (Å²) in [6.07, 6.45) is -1.75. The van der Waals surface area contributed by atoms with Crippen molar-refractivity contribution in [3.8, 4) is 5.75 Å². The number of aromatic nitrogens is 1. The van der Waals surface area contributed by atoms with Crippen molar-refractivity contribution >= 4 is 11.8 Å². The topological polar surface area (TPSA) is 65.2 Å². The fourth-order valence-electron chi connectivity index (χ4n) is 2.60. The maximum Gasteiger partial charge on any atom is 0.436 e. The van der Waals surface area contributed by atoms with E-state index in [9.17, 15) is 22.4 Å². The number of carbonyl (C=O) groups is 1. The Morgan fingerprint density at radius 1 is 1.24 bits per heavy atom. The number of carbonyl (C=O) groups excluding carboxylic acids is 1. The van der Waals surface area contributed by atoms with Crippen molar-refractivity contribution in [1.82, 2.24) is 4.98 Å². The molecule has 0 amide bonds. The first kappa shape index (κ1) is 17.2. The molecule has 0 spiro atoms. The van der Waals surface area contributed by atoms with E-state index in [1.54, 1.807) is 12.1 Å². The minimum absolute atomic E-state index is 0.217. The zero-order chi connectivity index (χ0) is 18.2. The summed E-state index contributed by atoms with van der Waals surface area (Å²) in [5.41, 5.74) is 4.06. The van der Waals surface area contributed by atoms with E-state index in [0.29, 0.717) is 12.0 Å². The van der Waals surface area contributed by atoms with Crippen LogP contribution in [0, 0.1) is 5.82 Å². The lowest BCUT2D eigenvalue weighted by atomic mass is 9.80. The van der Waals surface area contributed by atoms with Crippen LogP contribution in [0.1, 0.15) is 46.8 Å². The van der Waals surface area contributed by atoms with Gasteiger partial charge in [-0.15, -0.1) is 0 Å². The quantitative estimate of drug-likeness (QED) is 0.507. The minimum atomic E-state index is -5.00. The number of rotatable bonds is 3. The molecule has 0 radical (unpaired) electrons. The number of esters is 1. The molecule has 1 aromatic carbocycles. The second-order valence-electron chi connectivity index (χ2n) is 5.84. The summed E-state index contributed by atoms with van der Waals surface area (Å²) in [7, 11) is 0. The van der Waals surface area contributed by atoms with Crippen LogP contribution in [-0.4, -0.2) is 11.0 Å². The standard InChI is InChI=1S/C17H14F4N2O2/c18-13-8-12(15(22)23-14(13)17(19,20)21)16(24)25-11-6-2-5-10(7-11)9-3-1-4-9/h2,5-9H,1,3-4H2,(H2,22,23). The molecule has 1 aliphatic rings. The summed E-state index contributed by atoms with van der Waals surface area (Å²) in [5, 5.41) is 0. The number of ether oxygens (including phenoxy) is 1. The summed E-state index contributed by atoms with van der Waals surface area (Å²) < 4.78 is 56.5. The first-order valence-electron chi connectivity index (χ1n) is 7.61. The van der Waals surface area contributed by atoms with Gasteiger partial charge in [-0.25, -0.2) is 14.2 Å². The van der Waals surface area contributed by atoms with E-state index in [4.69, 9.17) is 10.5 Å². The highest BCUT2D eigenvalue weighted by atomic mass is 19.4. The average Bonchev–Trinajstić information content (AvgIpc) is 2.46. The summed E-state index contributed by atoms with van der Waals surface area (Å²) in [6.45, 7) is 0. The first-order chi connectivity index (χ1) is 11.8. The predicted molar refractivity (Wildman–Crippen MR) is 81.6 cm³/mol. The molecular formula is C17H14F4N2O2. The normalized spacial score (nSPS) is 14.9. The van der Waals surface area contributed by atoms with Crippen LogP contribution in [0.5, 0.6) is 5.75 Å². The number of benzene rings is 1. The van der Waals surface area contributed by atoms with E-state index in [2.05, 4.69) is 4.98 Å². The van der Waals surface area contributed by atoms with Crippen LogP contribution in [-0.2, 0) is 6.18 Å². The third-order valence-electron chi connectivity index (χ3n) is 4.14. The van der Waals surface area contributed by atoms with Gasteiger partial charge < -0.3 is 10.5 Å². The van der Waals surface area contributed by atoms with Gasteiger partial charge in [0.25, 0.3) is 0 Å². The minimum Gasteiger partial charge on any atom is -0.423 e. The number of nitrogens with zero attached hydrogens (tertiary/aromatic N) is 1. The second-order valence-corrected chi connectivity index (χ2v) is 5.84. The van der Waals surface area contributed by atoms with Gasteiger partial charge >= 0.3 is 12.1 Å². The average molecular weight is 354 g/mol. The Balaban J connectivity index is 1.83. The lowest BCUT2D eigenvalue weighted by Crippen LogP contribution is -2.18. The summed E-state index contributed by atoms with van der Waals surface area (Å²) >= 11 is 0. The van der Waals surface area contributed by atoms with Gasteiger partial charge in [-0.2, -0.15) is 13.2 Å². The zero-order valence-electron chi connectivity index (χ0n) is 12.9. The molecule has 25 heavy (non-hydrogen) atoms. The van der Waals surface area contributed by atoms with Gasteiger partial charge in [0.15, 0.2) is 11.5 Å². The summed E-state index contributed by atoms with van der Waals surface area (Å²) in [6, 6.07) is 7.24. The number of hydrogen-bond acceptors (Lipinski definition) is 4. The molecule has 3 rings (SSSR count). The summed E-state index contributed by atoms with van der Waals surface area (Å²) in [4.78, 5) is 15.1. The van der Waals surface area contributed by atoms with Crippen LogP contribution >= 0.6 is 0 Å². The molecule has 2 N–H and O–H groups in total. The molecule has 132 valence electrons. The van der Waals surface area contributed by atoms with Gasteiger partial charge in [0.1, 0.15) is 17.1 Å². The van der Waals surface area contributed by atoms with Gasteiger partial charge in [0.05, 0.1) is 0 Å². The highest BCUT2D eigenvalue weighted by Gasteiger charge is 2.37. The van der Waals surface area contributed by atoms with E-state index in [1.807, 2.05) is 6.07 Å². The Bertz CT molecular complexity index is 817. The van der Waals surface area contributed by atoms with Gasteiger partial charge in [0.2, 0.25) is 0 Å². The molecule has 0 bridgehead atoms. The van der Waals surface area contributed by atoms with Crippen LogP contribution in [0.3, 0.4) is 0 Å². The molecule has 1 aromatic heterocycles. The molecule has 0 atom stereocenters. The number of pyridine rings is 1. The largest absolute Gasteiger partial charge is 0.436 e. The Labute approximate surface area is 140 Å². The number of nitrogens with two attached hydrogens (primary N) is 1. The molecule has 4 nitrogen and oxygen atoms in total. The van der Waals surface area contributed by atoms with Crippen LogP contribution in [0.2, 0.25) is 0 Å². The molecule has 1 heterocycles. The molecule has 0 unspecified atom stereocenters. The molecule has 8 heteroatoms. The fraction of sp³-hybridized carbons (Fsp3) is 0.294. The first-order valence-corrected chi connectivity index (χ1v) is 7.61. The van der Waals surface area contributed by atoms with Crippen molar-refractivity contribution in [1.29, 1.82) is 0 Å². The Morgan fingerprint density at radius 3 is 2.56 bits per heavy atom. The smallest absolute Gasteiger partial charge is 0.423 e. The maximum absolute atomic E-state index is 13.6. The summed E-state index contributed by atoms with van der Waals surface area (Å²) in [5.74, 6) is -2.86. The van der Waals surface area contributed by atoms with E-state index in [0.717, 1.165) is 24.8 Å². The van der Waals surface area contributed by atoms with E-state index in [-0.39, 0.29) is 5.75 Å². The van der Waals surface area contributed by atoms with Crippen molar-refractivity contribution in [2.24, 2.45) is 0 Å². The molecule has 0 aliphatic heterocycles. The number of halogens is 4. The molecular weight excluding hydrogens is 340 g/mol. The number of alkyl halides is 3. The Kier molecular flexibility index (Phi) is 4.36. The molecule has 1 aliphatic carbocycles. The zero-order valence-corrected chi connectivity index (χ0v) is 12.9. The lowest BCUT2D eigenvalue weighted by Gasteiger charge is -2.25. The second kappa shape index (κ2) is 6.34. The SMILES string of the molecule is Nc1nc(C(F)(F)F)c(F)cc1C(=O)Oc1cccc(C2CCC2)c1. The van der Waals surface area contributed by atoms with Gasteiger partial charge in [0, 0.05) is 0 Å². The Hall–Kier alpha value is -2.64. The van der Waals surface area contributed by atoms with Crippen molar-refractivity contribution in [3.05, 3.63) is 53.0 Å². The molecule has 1 fully saturated rings. The number of nitrogen functional groups attached to an aromatic ring is 1. The fourth-order valence-corrected chi connectivity index (χ4v) is 2.60. The third kappa shape index (κ3) is 3.57. The van der Waals surface area contributed by atoms with Crippen LogP contribution < -0.4 is 10.5 Å². The van der Waals surface area contributed by atoms with E-state index in [1.165, 1.54) is 6.07 Å². The van der Waals surface area contributed by atoms with Crippen molar-refractivity contribution < 1.29 is 27.1 Å². The predicted octanol–water partition coefficient (Wildman–Crippen LogP) is 4.31. The van der Waals surface area contributed by atoms with Crippen molar-refractivity contribution in [3.63, 3.8) is 0 Å². The van der Waals surface area contributed by atoms with Crippen LogP contribution in [0.25, 0.3) is 0 Å². The maximum atomic E-state index is 13.6. The van der Waals surface area contributed by atoms with Gasteiger partial charge in [-0.05, 0) is 42.5 Å². The highest BCUT2D eigenvalue weighted by molar-refractivity contribution is 5.95. The third-order valence-corrected chi connectivity index (χ3v) is 4.14. The lowest BCUT2D eigenvalue weighted by molar-refractivity contribution is -0.143. The molecule has 0 saturated heterocycles.